The summed E-state index contributed by atoms with van der Waals surface area (Å²) in [7, 11) is -7.72. The van der Waals surface area contributed by atoms with Crippen LogP contribution in [0.1, 0.15) is 55.4 Å². The van der Waals surface area contributed by atoms with Crippen molar-refractivity contribution >= 4 is 38.2 Å². The first-order valence-corrected chi connectivity index (χ1v) is 18.4. The van der Waals surface area contributed by atoms with Gasteiger partial charge in [0.1, 0.15) is 19.5 Å². The summed E-state index contributed by atoms with van der Waals surface area (Å²) in [4.78, 5) is 0. The van der Waals surface area contributed by atoms with Gasteiger partial charge >= 0.3 is 0 Å². The van der Waals surface area contributed by atoms with Gasteiger partial charge in [0, 0.05) is 0 Å². The first kappa shape index (κ1) is 27.2. The normalized spacial score (nSPS) is 22.3. The number of nitrogens with zero attached hydrogens (tertiary/aromatic N) is 1. The second-order valence-electron chi connectivity index (χ2n) is 11.7. The van der Waals surface area contributed by atoms with Crippen molar-refractivity contribution in [2.24, 2.45) is 5.14 Å². The van der Waals surface area contributed by atoms with Crippen molar-refractivity contribution < 1.29 is 13.7 Å². The second kappa shape index (κ2) is 7.93. The molecule has 2 unspecified atom stereocenters. The number of rotatable bonds is 6. The summed E-state index contributed by atoms with van der Waals surface area (Å²) in [5.74, 6) is 0. The number of thioether (sulfide) groups is 1. The largest absolute Gasteiger partial charge is 0.411 e. The Balaban J connectivity index is 3.64. The zero-order chi connectivity index (χ0) is 23.4. The third-order valence-electron chi connectivity index (χ3n) is 6.67. The van der Waals surface area contributed by atoms with Gasteiger partial charge in [-0.05, 0) is 37.0 Å². The van der Waals surface area contributed by atoms with Crippen LogP contribution in [0.15, 0.2) is 9.93 Å². The van der Waals surface area contributed by atoms with Crippen LogP contribution in [0.3, 0.4) is 0 Å². The van der Waals surface area contributed by atoms with Crippen LogP contribution in [0.2, 0.25) is 36.3 Å². The van der Waals surface area contributed by atoms with E-state index in [2.05, 4.69) is 72.3 Å². The lowest BCUT2D eigenvalue weighted by Gasteiger charge is -2.51. The first-order valence-electron chi connectivity index (χ1n) is 10.1. The molecule has 1 heterocycles. The highest BCUT2D eigenvalue weighted by atomic mass is 32.3. The molecule has 0 aromatic heterocycles. The number of nitrogens with two attached hydrogens (primary N) is 1. The molecule has 6 nitrogen and oxygen atoms in total. The molecule has 10 heteroatoms. The topological polar surface area (TPSA) is 99.6 Å². The average Bonchev–Trinajstić information content (AvgIpc) is 2.82. The van der Waals surface area contributed by atoms with Crippen LogP contribution in [0.25, 0.3) is 0 Å². The van der Waals surface area contributed by atoms with Gasteiger partial charge < -0.3 is 14.1 Å². The predicted molar refractivity (Wildman–Crippen MR) is 132 cm³/mol. The fourth-order valence-corrected chi connectivity index (χ4v) is 9.64. The number of hydrogen-bond acceptors (Lipinski definition) is 6. The van der Waals surface area contributed by atoms with E-state index in [1.807, 2.05) is 0 Å². The third-order valence-corrected chi connectivity index (χ3v) is 20.0. The maximum absolute atomic E-state index is 12.7. The Morgan fingerprint density at radius 1 is 1.10 bits per heavy atom. The molecular weight excluding hydrogens is 439 g/mol. The van der Waals surface area contributed by atoms with Gasteiger partial charge in [-0.2, -0.15) is 0 Å². The summed E-state index contributed by atoms with van der Waals surface area (Å²) in [5, 5.41) is 16.5. The second-order valence-corrected chi connectivity index (χ2v) is 24.6. The molecule has 0 spiro atoms. The molecule has 2 atom stereocenters. The molecule has 0 saturated carbocycles. The van der Waals surface area contributed by atoms with Gasteiger partial charge in [0.15, 0.2) is 16.6 Å². The van der Waals surface area contributed by atoms with Gasteiger partial charge in [0.05, 0.1) is 17.9 Å². The molecule has 1 aliphatic heterocycles. The van der Waals surface area contributed by atoms with Gasteiger partial charge in [-0.3, -0.25) is 0 Å². The Bertz CT molecular complexity index is 759. The van der Waals surface area contributed by atoms with E-state index in [-0.39, 0.29) is 22.1 Å². The van der Waals surface area contributed by atoms with Crippen molar-refractivity contribution in [2.75, 3.05) is 6.61 Å². The SMILES string of the molecule is CC(C)(O)C1SC(S(=N)(N)=O)=C(CO[Si](C)(C)C(C)(C)C)N1[Si](C)(C)C(C)(C)C. The highest BCUT2D eigenvalue weighted by Gasteiger charge is 2.53. The van der Waals surface area contributed by atoms with E-state index in [4.69, 9.17) is 14.3 Å². The lowest BCUT2D eigenvalue weighted by molar-refractivity contribution is 0.0479. The van der Waals surface area contributed by atoms with Gasteiger partial charge in [-0.1, -0.05) is 66.4 Å². The molecule has 1 aliphatic rings. The summed E-state index contributed by atoms with van der Waals surface area (Å²) in [6.45, 7) is 25.8. The molecule has 4 N–H and O–H groups in total. The molecule has 0 bridgehead atoms. The molecule has 172 valence electrons. The predicted octanol–water partition coefficient (Wildman–Crippen LogP) is 5.25. The fraction of sp³-hybridized carbons (Fsp3) is 0.895. The zero-order valence-electron chi connectivity index (χ0n) is 20.4. The lowest BCUT2D eigenvalue weighted by atomic mass is 10.1. The smallest absolute Gasteiger partial charge is 0.192 e. The maximum Gasteiger partial charge on any atom is 0.192 e. The van der Waals surface area contributed by atoms with Crippen molar-refractivity contribution in [3.05, 3.63) is 9.93 Å². The van der Waals surface area contributed by atoms with Gasteiger partial charge in [-0.25, -0.2) is 14.1 Å². The van der Waals surface area contributed by atoms with Gasteiger partial charge in [0.25, 0.3) is 0 Å². The summed E-state index contributed by atoms with van der Waals surface area (Å²) in [6.07, 6.45) is 0. The molecule has 29 heavy (non-hydrogen) atoms. The van der Waals surface area contributed by atoms with E-state index < -0.39 is 32.1 Å². The van der Waals surface area contributed by atoms with E-state index in [1.165, 1.54) is 11.8 Å². The number of nitrogens with one attached hydrogen (secondary N) is 1. The van der Waals surface area contributed by atoms with Crippen LogP contribution in [-0.4, -0.2) is 48.0 Å². The molecule has 0 amide bonds. The molecule has 0 radical (unpaired) electrons. The Morgan fingerprint density at radius 3 is 1.86 bits per heavy atom. The van der Waals surface area contributed by atoms with Crippen LogP contribution in [0.4, 0.5) is 0 Å². The Kier molecular flexibility index (Phi) is 7.44. The minimum absolute atomic E-state index is 0.0216. The van der Waals surface area contributed by atoms with E-state index in [1.54, 1.807) is 13.8 Å². The van der Waals surface area contributed by atoms with Crippen LogP contribution in [0.5, 0.6) is 0 Å². The van der Waals surface area contributed by atoms with Crippen LogP contribution >= 0.6 is 11.8 Å². The summed E-state index contributed by atoms with van der Waals surface area (Å²) in [6, 6.07) is 0. The molecule has 0 aromatic rings. The zero-order valence-corrected chi connectivity index (χ0v) is 24.0. The van der Waals surface area contributed by atoms with Gasteiger partial charge in [0.2, 0.25) is 0 Å². The molecule has 0 saturated heterocycles. The highest BCUT2D eigenvalue weighted by Crippen LogP contribution is 2.52. The van der Waals surface area contributed by atoms with E-state index >= 15 is 0 Å². The van der Waals surface area contributed by atoms with E-state index in [0.29, 0.717) is 4.24 Å². The minimum Gasteiger partial charge on any atom is -0.411 e. The Morgan fingerprint density at radius 2 is 1.55 bits per heavy atom. The summed E-state index contributed by atoms with van der Waals surface area (Å²) < 4.78 is 30.0. The lowest BCUT2D eigenvalue weighted by Crippen LogP contribution is -2.61. The molecule has 0 aliphatic carbocycles. The number of aliphatic hydroxyl groups is 1. The Hall–Kier alpha value is 0.154. The first-order chi connectivity index (χ1) is 12.4. The van der Waals surface area contributed by atoms with E-state index in [0.717, 1.165) is 5.70 Å². The van der Waals surface area contributed by atoms with Crippen molar-refractivity contribution in [1.29, 1.82) is 4.78 Å². The quantitative estimate of drug-likeness (QED) is 0.450. The molecular formula is C19H43N3O3S2Si2. The van der Waals surface area contributed by atoms with Crippen LogP contribution < -0.4 is 5.14 Å². The fourth-order valence-electron chi connectivity index (χ4n) is 2.75. The maximum atomic E-state index is 12.7. The standard InChI is InChI=1S/C19H43N3O3S2Si2/c1-17(2,3)28(9,10)22-14(13-25-29(11,12)18(4,5)6)15(27(20,21)24)26-16(22)19(7,8)23/h16,23H,13H2,1-12H3,(H3,20,21,24). The van der Waals surface area contributed by atoms with Crippen LogP contribution in [0, 0.1) is 4.78 Å². The third kappa shape index (κ3) is 5.69. The Labute approximate surface area is 185 Å². The van der Waals surface area contributed by atoms with Crippen LogP contribution in [-0.2, 0) is 14.3 Å². The molecule has 0 aromatic carbocycles. The van der Waals surface area contributed by atoms with E-state index in [9.17, 15) is 9.32 Å². The van der Waals surface area contributed by atoms with Crippen molar-refractivity contribution in [2.45, 2.75) is 103 Å². The van der Waals surface area contributed by atoms with Crippen molar-refractivity contribution in [3.8, 4) is 0 Å². The monoisotopic (exact) mass is 481 g/mol. The number of hydrogen-bond donors (Lipinski definition) is 3. The summed E-state index contributed by atoms with van der Waals surface area (Å²) in [5.41, 5.74) is -0.324. The van der Waals surface area contributed by atoms with Crippen molar-refractivity contribution in [1.82, 2.24) is 4.57 Å². The van der Waals surface area contributed by atoms with Crippen molar-refractivity contribution in [3.63, 3.8) is 0 Å². The highest BCUT2D eigenvalue weighted by molar-refractivity contribution is 8.18. The molecule has 0 fully saturated rings. The minimum atomic E-state index is -3.44. The average molecular weight is 482 g/mol. The summed E-state index contributed by atoms with van der Waals surface area (Å²) >= 11 is 1.28. The van der Waals surface area contributed by atoms with Gasteiger partial charge in [-0.15, -0.1) is 0 Å². The molecule has 1 rings (SSSR count).